The van der Waals surface area contributed by atoms with Gasteiger partial charge < -0.3 is 14.9 Å². The molecule has 0 saturated carbocycles. The maximum absolute atomic E-state index is 12.0. The summed E-state index contributed by atoms with van der Waals surface area (Å²) in [6, 6.07) is 7.20. The van der Waals surface area contributed by atoms with Gasteiger partial charge in [-0.2, -0.15) is 0 Å². The topological polar surface area (TPSA) is 84.3 Å². The maximum atomic E-state index is 12.0. The normalized spacial score (nSPS) is 10.9. The summed E-state index contributed by atoms with van der Waals surface area (Å²) in [6.45, 7) is 7.06. The molecule has 1 heterocycles. The molecule has 1 aromatic carbocycles. The molecule has 0 aliphatic heterocycles. The van der Waals surface area contributed by atoms with Gasteiger partial charge in [0.15, 0.2) is 0 Å². The van der Waals surface area contributed by atoms with Gasteiger partial charge in [0.05, 0.1) is 12.8 Å². The third kappa shape index (κ3) is 4.79. The van der Waals surface area contributed by atoms with Gasteiger partial charge in [-0.15, -0.1) is 0 Å². The second kappa shape index (κ2) is 7.34. The van der Waals surface area contributed by atoms with Crippen molar-refractivity contribution in [2.24, 2.45) is 0 Å². The summed E-state index contributed by atoms with van der Waals surface area (Å²) in [5, 5.41) is 10.7. The van der Waals surface area contributed by atoms with Crippen molar-refractivity contribution in [3.63, 3.8) is 0 Å². The Morgan fingerprint density at radius 1 is 1.24 bits per heavy atom. The summed E-state index contributed by atoms with van der Waals surface area (Å²) in [4.78, 5) is 16.2. The zero-order chi connectivity index (χ0) is 18.6. The zero-order valence-corrected chi connectivity index (χ0v) is 15.1. The second-order valence-electron chi connectivity index (χ2n) is 6.59. The number of carbonyl (C=O) groups is 1. The van der Waals surface area contributed by atoms with E-state index < -0.39 is 11.7 Å². The molecule has 0 radical (unpaired) electrons. The van der Waals surface area contributed by atoms with Crippen molar-refractivity contribution in [1.29, 1.82) is 5.41 Å². The van der Waals surface area contributed by atoms with Crippen molar-refractivity contribution in [1.82, 2.24) is 4.98 Å². The summed E-state index contributed by atoms with van der Waals surface area (Å²) >= 11 is 0. The summed E-state index contributed by atoms with van der Waals surface area (Å²) < 4.78 is 10.6. The van der Waals surface area contributed by atoms with Crippen LogP contribution in [0.15, 0.2) is 36.7 Å². The molecular weight excluding hydrogens is 318 g/mol. The highest BCUT2D eigenvalue weighted by Gasteiger charge is 2.18. The Morgan fingerprint density at radius 3 is 2.56 bits per heavy atom. The van der Waals surface area contributed by atoms with E-state index in [1.54, 1.807) is 59.3 Å². The number of methoxy groups -OCH3 is 1. The van der Waals surface area contributed by atoms with Crippen LogP contribution in [0.25, 0.3) is 11.1 Å². The Bertz CT molecular complexity index is 795. The molecule has 1 amide bonds. The van der Waals surface area contributed by atoms with Gasteiger partial charge in [-0.1, -0.05) is 6.07 Å². The van der Waals surface area contributed by atoms with Crippen LogP contribution in [0.5, 0.6) is 5.75 Å². The van der Waals surface area contributed by atoms with Gasteiger partial charge in [-0.25, -0.2) is 4.79 Å². The van der Waals surface area contributed by atoms with Gasteiger partial charge in [0.1, 0.15) is 11.4 Å². The van der Waals surface area contributed by atoms with Crippen molar-refractivity contribution >= 4 is 17.5 Å². The molecule has 2 N–H and O–H groups in total. The van der Waals surface area contributed by atoms with Crippen molar-refractivity contribution in [2.45, 2.75) is 33.3 Å². The molecule has 2 aromatic rings. The fourth-order valence-electron chi connectivity index (χ4n) is 2.32. The van der Waals surface area contributed by atoms with E-state index in [9.17, 15) is 4.79 Å². The smallest absolute Gasteiger partial charge is 0.412 e. The first kappa shape index (κ1) is 18.4. The first-order valence-corrected chi connectivity index (χ1v) is 7.89. The number of hydrogen-bond donors (Lipinski definition) is 2. The summed E-state index contributed by atoms with van der Waals surface area (Å²) in [5.41, 5.74) is 2.53. The average molecular weight is 341 g/mol. The Kier molecular flexibility index (Phi) is 5.41. The number of anilines is 1. The van der Waals surface area contributed by atoms with Gasteiger partial charge in [0.25, 0.3) is 0 Å². The van der Waals surface area contributed by atoms with Crippen molar-refractivity contribution < 1.29 is 14.3 Å². The quantitative estimate of drug-likeness (QED) is 0.802. The third-order valence-corrected chi connectivity index (χ3v) is 3.37. The van der Waals surface area contributed by atoms with E-state index in [-0.39, 0.29) is 0 Å². The van der Waals surface area contributed by atoms with Crippen molar-refractivity contribution in [2.75, 3.05) is 12.4 Å². The highest BCUT2D eigenvalue weighted by Crippen LogP contribution is 2.31. The number of benzene rings is 1. The largest absolute Gasteiger partial charge is 0.496 e. The summed E-state index contributed by atoms with van der Waals surface area (Å²) in [6.07, 6.45) is 2.81. The van der Waals surface area contributed by atoms with Gasteiger partial charge >= 0.3 is 6.09 Å². The number of ether oxygens (including phenoxy) is 2. The van der Waals surface area contributed by atoms with E-state index in [0.717, 1.165) is 11.1 Å². The van der Waals surface area contributed by atoms with Gasteiger partial charge in [-0.3, -0.25) is 10.3 Å². The molecule has 0 saturated heterocycles. The van der Waals surface area contributed by atoms with Crippen LogP contribution in [0.1, 0.15) is 33.3 Å². The van der Waals surface area contributed by atoms with Gasteiger partial charge in [0.2, 0.25) is 0 Å². The molecule has 0 aliphatic rings. The lowest BCUT2D eigenvalue weighted by atomic mass is 10.00. The van der Waals surface area contributed by atoms with Gasteiger partial charge in [-0.05, 0) is 51.5 Å². The van der Waals surface area contributed by atoms with E-state index in [2.05, 4.69) is 10.3 Å². The molecule has 0 spiro atoms. The fourth-order valence-corrected chi connectivity index (χ4v) is 2.32. The first-order valence-electron chi connectivity index (χ1n) is 7.89. The minimum Gasteiger partial charge on any atom is -0.496 e. The maximum Gasteiger partial charge on any atom is 0.412 e. The fraction of sp³-hybridized carbons (Fsp3) is 0.316. The Labute approximate surface area is 147 Å². The number of carbonyl (C=O) groups excluding carboxylic acids is 1. The molecule has 0 unspecified atom stereocenters. The minimum atomic E-state index is -0.590. The SMILES string of the molecule is COc1ccncc1-c1ccc(NC(=O)OC(C)(C)C)c(C(C)=N)c1. The monoisotopic (exact) mass is 341 g/mol. The van der Waals surface area contributed by atoms with E-state index >= 15 is 0 Å². The number of hydrogen-bond acceptors (Lipinski definition) is 5. The third-order valence-electron chi connectivity index (χ3n) is 3.37. The second-order valence-corrected chi connectivity index (χ2v) is 6.59. The van der Waals surface area contributed by atoms with Crippen LogP contribution in [0.2, 0.25) is 0 Å². The molecule has 0 atom stereocenters. The zero-order valence-electron chi connectivity index (χ0n) is 15.1. The number of pyridine rings is 1. The molecule has 0 fully saturated rings. The molecule has 0 aliphatic carbocycles. The molecule has 6 nitrogen and oxygen atoms in total. The van der Waals surface area contributed by atoms with Crippen LogP contribution in [0.3, 0.4) is 0 Å². The lowest BCUT2D eigenvalue weighted by molar-refractivity contribution is 0.0636. The molecule has 1 aromatic heterocycles. The number of amides is 1. The van der Waals surface area contributed by atoms with E-state index in [1.165, 1.54) is 0 Å². The predicted octanol–water partition coefficient (Wildman–Crippen LogP) is 4.49. The van der Waals surface area contributed by atoms with Crippen molar-refractivity contribution in [3.8, 4) is 16.9 Å². The molecule has 25 heavy (non-hydrogen) atoms. The standard InChI is InChI=1S/C19H23N3O3/c1-12(20)14-10-13(15-11-21-9-8-17(15)24-5)6-7-16(14)22-18(23)25-19(2,3)4/h6-11,20H,1-5H3,(H,22,23). The average Bonchev–Trinajstić information content (AvgIpc) is 2.53. The van der Waals surface area contributed by atoms with Crippen LogP contribution in [-0.4, -0.2) is 29.5 Å². The van der Waals surface area contributed by atoms with Crippen LogP contribution >= 0.6 is 0 Å². The van der Waals surface area contributed by atoms with Crippen molar-refractivity contribution in [3.05, 3.63) is 42.2 Å². The molecule has 6 heteroatoms. The summed E-state index contributed by atoms with van der Waals surface area (Å²) in [5.74, 6) is 0.691. The number of rotatable bonds is 4. The van der Waals surface area contributed by atoms with Crippen LogP contribution in [0, 0.1) is 5.41 Å². The molecule has 0 bridgehead atoms. The van der Waals surface area contributed by atoms with Crippen LogP contribution < -0.4 is 10.1 Å². The first-order chi connectivity index (χ1) is 11.7. The molecular formula is C19H23N3O3. The van der Waals surface area contributed by atoms with E-state index in [4.69, 9.17) is 14.9 Å². The van der Waals surface area contributed by atoms with Crippen LogP contribution in [0.4, 0.5) is 10.5 Å². The number of aromatic nitrogens is 1. The Hall–Kier alpha value is -2.89. The summed E-state index contributed by atoms with van der Waals surface area (Å²) in [7, 11) is 1.60. The lowest BCUT2D eigenvalue weighted by Crippen LogP contribution is -2.27. The molecule has 132 valence electrons. The molecule has 2 rings (SSSR count). The Balaban J connectivity index is 2.38. The van der Waals surface area contributed by atoms with E-state index in [0.29, 0.717) is 22.7 Å². The van der Waals surface area contributed by atoms with Gasteiger partial charge in [0, 0.05) is 29.2 Å². The number of nitrogens with one attached hydrogen (secondary N) is 2. The predicted molar refractivity (Wildman–Crippen MR) is 98.6 cm³/mol. The minimum absolute atomic E-state index is 0.329. The highest BCUT2D eigenvalue weighted by atomic mass is 16.6. The Morgan fingerprint density at radius 2 is 1.96 bits per heavy atom. The lowest BCUT2D eigenvalue weighted by Gasteiger charge is -2.20. The van der Waals surface area contributed by atoms with Crippen LogP contribution in [-0.2, 0) is 4.74 Å². The highest BCUT2D eigenvalue weighted by molar-refractivity contribution is 6.05. The van der Waals surface area contributed by atoms with E-state index in [1.807, 2.05) is 12.1 Å². The number of nitrogens with zero attached hydrogens (tertiary/aromatic N) is 1.